The number of aromatic nitrogens is 2. The predicted octanol–water partition coefficient (Wildman–Crippen LogP) is 3.57. The maximum Gasteiger partial charge on any atom is 0.262 e. The van der Waals surface area contributed by atoms with E-state index >= 15 is 0 Å². The molecule has 0 N–H and O–H groups in total. The molecule has 0 aliphatic heterocycles. The molecule has 0 radical (unpaired) electrons. The van der Waals surface area contributed by atoms with Crippen molar-refractivity contribution in [2.24, 2.45) is 0 Å². The monoisotopic (exact) mass is 302 g/mol. The smallest absolute Gasteiger partial charge is 0.262 e. The highest BCUT2D eigenvalue weighted by atomic mass is 32.1. The van der Waals surface area contributed by atoms with Crippen LogP contribution < -0.4 is 5.56 Å². The van der Waals surface area contributed by atoms with Crippen LogP contribution in [0.1, 0.15) is 21.8 Å². The minimum Gasteiger partial charge on any atom is -0.292 e. The highest BCUT2D eigenvalue weighted by Gasteiger charge is 2.15. The molecule has 0 spiro atoms. The molecule has 3 aromatic rings. The molecule has 2 aromatic heterocycles. The normalized spacial score (nSPS) is 11.2. The van der Waals surface area contributed by atoms with Gasteiger partial charge in [-0.1, -0.05) is 18.2 Å². The van der Waals surface area contributed by atoms with Gasteiger partial charge in [0, 0.05) is 10.4 Å². The molecule has 0 aliphatic carbocycles. The van der Waals surface area contributed by atoms with Crippen LogP contribution in [0, 0.1) is 26.6 Å². The van der Waals surface area contributed by atoms with Crippen molar-refractivity contribution in [3.8, 4) is 0 Å². The van der Waals surface area contributed by atoms with Crippen LogP contribution in [-0.2, 0) is 6.54 Å². The summed E-state index contributed by atoms with van der Waals surface area (Å²) < 4.78 is 15.3. The van der Waals surface area contributed by atoms with Crippen molar-refractivity contribution >= 4 is 21.6 Å². The average Bonchev–Trinajstić information content (AvgIpc) is 2.72. The molecule has 0 unspecified atom stereocenters. The van der Waals surface area contributed by atoms with Crippen LogP contribution in [0.25, 0.3) is 10.2 Å². The molecule has 21 heavy (non-hydrogen) atoms. The van der Waals surface area contributed by atoms with Crippen LogP contribution >= 0.6 is 11.3 Å². The molecule has 0 atom stereocenters. The molecule has 108 valence electrons. The third-order valence-electron chi connectivity index (χ3n) is 3.77. The lowest BCUT2D eigenvalue weighted by Gasteiger charge is -2.10. The molecule has 0 saturated heterocycles. The Morgan fingerprint density at radius 2 is 1.95 bits per heavy atom. The van der Waals surface area contributed by atoms with E-state index in [0.717, 1.165) is 15.3 Å². The van der Waals surface area contributed by atoms with Gasteiger partial charge in [-0.15, -0.1) is 11.3 Å². The van der Waals surface area contributed by atoms with Crippen LogP contribution in [0.2, 0.25) is 0 Å². The number of nitrogens with zero attached hydrogens (tertiary/aromatic N) is 2. The number of halogens is 1. The van der Waals surface area contributed by atoms with Crippen LogP contribution in [0.15, 0.2) is 29.1 Å². The summed E-state index contributed by atoms with van der Waals surface area (Å²) in [6.07, 6.45) is 0. The fourth-order valence-corrected chi connectivity index (χ4v) is 3.48. The summed E-state index contributed by atoms with van der Waals surface area (Å²) in [7, 11) is 0. The Morgan fingerprint density at radius 3 is 2.67 bits per heavy atom. The summed E-state index contributed by atoms with van der Waals surface area (Å²) in [5.74, 6) is 0.305. The largest absolute Gasteiger partial charge is 0.292 e. The van der Waals surface area contributed by atoms with Crippen molar-refractivity contribution in [2.75, 3.05) is 0 Å². The number of hydrogen-bond donors (Lipinski definition) is 0. The van der Waals surface area contributed by atoms with Gasteiger partial charge < -0.3 is 0 Å². The molecule has 2 heterocycles. The maximum atomic E-state index is 13.8. The second-order valence-electron chi connectivity index (χ2n) is 5.11. The molecule has 0 fully saturated rings. The fraction of sp³-hybridized carbons (Fsp3) is 0.250. The predicted molar refractivity (Wildman–Crippen MR) is 83.6 cm³/mol. The summed E-state index contributed by atoms with van der Waals surface area (Å²) in [5.41, 5.74) is 1.37. The third kappa shape index (κ3) is 2.27. The zero-order valence-corrected chi connectivity index (χ0v) is 12.9. The summed E-state index contributed by atoms with van der Waals surface area (Å²) in [6, 6.07) is 6.51. The van der Waals surface area contributed by atoms with Gasteiger partial charge in [0.2, 0.25) is 0 Å². The molecule has 3 rings (SSSR count). The zero-order chi connectivity index (χ0) is 15.1. The van der Waals surface area contributed by atoms with E-state index in [0.29, 0.717) is 16.8 Å². The van der Waals surface area contributed by atoms with Crippen molar-refractivity contribution in [3.63, 3.8) is 0 Å². The van der Waals surface area contributed by atoms with E-state index in [1.165, 1.54) is 17.4 Å². The first-order valence-corrected chi connectivity index (χ1v) is 7.51. The summed E-state index contributed by atoms with van der Waals surface area (Å²) in [5, 5.41) is 0.652. The number of thiophene rings is 1. The SMILES string of the molecule is Cc1sc2nc(C)n(Cc3ccccc3F)c(=O)c2c1C. The van der Waals surface area contributed by atoms with Gasteiger partial charge in [0.15, 0.2) is 0 Å². The molecule has 1 aromatic carbocycles. The number of aryl methyl sites for hydroxylation is 3. The summed E-state index contributed by atoms with van der Waals surface area (Å²) >= 11 is 1.53. The Bertz CT molecular complexity index is 895. The minimum atomic E-state index is -0.304. The Kier molecular flexibility index (Phi) is 3.37. The van der Waals surface area contributed by atoms with E-state index in [4.69, 9.17) is 0 Å². The standard InChI is InChI=1S/C16H15FN2OS/c1-9-10(2)21-15-14(9)16(20)19(11(3)18-15)8-12-6-4-5-7-13(12)17/h4-7H,8H2,1-3H3. The first-order chi connectivity index (χ1) is 9.99. The van der Waals surface area contributed by atoms with E-state index in [2.05, 4.69) is 4.98 Å². The lowest BCUT2D eigenvalue weighted by molar-refractivity contribution is 0.591. The second kappa shape index (κ2) is 5.07. The van der Waals surface area contributed by atoms with Crippen LogP contribution in [0.5, 0.6) is 0 Å². The Balaban J connectivity index is 2.21. The topological polar surface area (TPSA) is 34.9 Å². The summed E-state index contributed by atoms with van der Waals surface area (Å²) in [4.78, 5) is 19.1. The van der Waals surface area contributed by atoms with Crippen molar-refractivity contribution in [2.45, 2.75) is 27.3 Å². The van der Waals surface area contributed by atoms with Crippen LogP contribution in [0.3, 0.4) is 0 Å². The van der Waals surface area contributed by atoms with Gasteiger partial charge in [-0.25, -0.2) is 9.37 Å². The number of rotatable bonds is 2. The number of fused-ring (bicyclic) bond motifs is 1. The molecule has 5 heteroatoms. The molecule has 0 saturated carbocycles. The van der Waals surface area contributed by atoms with Gasteiger partial charge in [-0.3, -0.25) is 9.36 Å². The highest BCUT2D eigenvalue weighted by Crippen LogP contribution is 2.26. The van der Waals surface area contributed by atoms with Gasteiger partial charge in [0.1, 0.15) is 16.5 Å². The zero-order valence-electron chi connectivity index (χ0n) is 12.1. The highest BCUT2D eigenvalue weighted by molar-refractivity contribution is 7.18. The molecule has 0 aliphatic rings. The lowest BCUT2D eigenvalue weighted by atomic mass is 10.2. The minimum absolute atomic E-state index is 0.0948. The average molecular weight is 302 g/mol. The molecule has 3 nitrogen and oxygen atoms in total. The third-order valence-corrected chi connectivity index (χ3v) is 4.87. The van der Waals surface area contributed by atoms with Crippen molar-refractivity contribution < 1.29 is 4.39 Å². The van der Waals surface area contributed by atoms with E-state index < -0.39 is 0 Å². The molecular weight excluding hydrogens is 287 g/mol. The lowest BCUT2D eigenvalue weighted by Crippen LogP contribution is -2.24. The van der Waals surface area contributed by atoms with E-state index in [1.807, 2.05) is 13.8 Å². The fourth-order valence-electron chi connectivity index (χ4n) is 2.41. The molecule has 0 amide bonds. The maximum absolute atomic E-state index is 13.8. The second-order valence-corrected chi connectivity index (χ2v) is 6.31. The van der Waals surface area contributed by atoms with Gasteiger partial charge in [0.05, 0.1) is 11.9 Å². The summed E-state index contributed by atoms with van der Waals surface area (Å²) in [6.45, 7) is 5.90. The first-order valence-electron chi connectivity index (χ1n) is 6.69. The number of hydrogen-bond acceptors (Lipinski definition) is 3. The Hall–Kier alpha value is -2.01. The van der Waals surface area contributed by atoms with Crippen molar-refractivity contribution in [1.82, 2.24) is 9.55 Å². The van der Waals surface area contributed by atoms with Crippen molar-refractivity contribution in [3.05, 3.63) is 62.3 Å². The van der Waals surface area contributed by atoms with E-state index in [-0.39, 0.29) is 17.9 Å². The first kappa shape index (κ1) is 13.9. The van der Waals surface area contributed by atoms with Gasteiger partial charge in [0.25, 0.3) is 5.56 Å². The Morgan fingerprint density at radius 1 is 1.24 bits per heavy atom. The molecular formula is C16H15FN2OS. The molecule has 0 bridgehead atoms. The van der Waals surface area contributed by atoms with E-state index in [9.17, 15) is 9.18 Å². The van der Waals surface area contributed by atoms with Gasteiger partial charge in [-0.05, 0) is 32.4 Å². The van der Waals surface area contributed by atoms with E-state index in [1.54, 1.807) is 29.7 Å². The number of benzene rings is 1. The quantitative estimate of drug-likeness (QED) is 0.725. The van der Waals surface area contributed by atoms with Gasteiger partial charge >= 0.3 is 0 Å². The van der Waals surface area contributed by atoms with Crippen LogP contribution in [0.4, 0.5) is 4.39 Å². The van der Waals surface area contributed by atoms with Crippen LogP contribution in [-0.4, -0.2) is 9.55 Å². The van der Waals surface area contributed by atoms with Gasteiger partial charge in [-0.2, -0.15) is 0 Å². The van der Waals surface area contributed by atoms with Crippen molar-refractivity contribution in [1.29, 1.82) is 0 Å². The Labute approximate surface area is 125 Å².